The summed E-state index contributed by atoms with van der Waals surface area (Å²) in [5.74, 6) is 0. The largest absolute Gasteiger partial charge is 0.368 e. The molecule has 2 aliphatic heterocycles. The van der Waals surface area contributed by atoms with Crippen molar-refractivity contribution in [3.05, 3.63) is 36.2 Å². The minimum absolute atomic E-state index is 0.688. The number of pyridine rings is 1. The number of nitrogens with zero attached hydrogens (tertiary/aromatic N) is 3. The summed E-state index contributed by atoms with van der Waals surface area (Å²) >= 11 is 0. The number of benzene rings is 1. The highest BCUT2D eigenvalue weighted by Crippen LogP contribution is 2.36. The Kier molecular flexibility index (Phi) is 4.19. The van der Waals surface area contributed by atoms with Crippen molar-refractivity contribution in [1.29, 1.82) is 0 Å². The number of nitrogens with one attached hydrogen (secondary N) is 1. The van der Waals surface area contributed by atoms with Crippen LogP contribution in [0.15, 0.2) is 30.6 Å². The van der Waals surface area contributed by atoms with Crippen LogP contribution in [0.4, 0.5) is 5.69 Å². The fraction of sp³-hybridized carbons (Fsp3) is 0.526. The third kappa shape index (κ3) is 2.81. The van der Waals surface area contributed by atoms with E-state index < -0.39 is 0 Å². The van der Waals surface area contributed by atoms with Gasteiger partial charge in [0.2, 0.25) is 0 Å². The molecule has 4 rings (SSSR count). The van der Waals surface area contributed by atoms with Gasteiger partial charge < -0.3 is 15.1 Å². The minimum Gasteiger partial charge on any atom is -0.368 e. The predicted octanol–water partition coefficient (Wildman–Crippen LogP) is 2.28. The van der Waals surface area contributed by atoms with Crippen LogP contribution in [0.25, 0.3) is 10.8 Å². The topological polar surface area (TPSA) is 31.4 Å². The Bertz CT molecular complexity index is 671. The fourth-order valence-electron chi connectivity index (χ4n) is 4.18. The molecule has 1 saturated heterocycles. The van der Waals surface area contributed by atoms with Gasteiger partial charge in [-0.25, -0.2) is 0 Å². The molecule has 1 aromatic carbocycles. The van der Waals surface area contributed by atoms with Crippen LogP contribution < -0.4 is 10.2 Å². The molecule has 3 heterocycles. The molecular formula is C19H26N4. The molecule has 0 saturated carbocycles. The number of hydrogen-bond donors (Lipinski definition) is 1. The first-order valence-electron chi connectivity index (χ1n) is 8.86. The molecule has 0 radical (unpaired) electrons. The molecule has 2 aromatic rings. The molecule has 2 aliphatic rings. The average Bonchev–Trinajstić information content (AvgIpc) is 2.61. The quantitative estimate of drug-likeness (QED) is 0.939. The Balaban J connectivity index is 1.54. The monoisotopic (exact) mass is 310 g/mol. The zero-order chi connectivity index (χ0) is 15.6. The van der Waals surface area contributed by atoms with E-state index in [-0.39, 0.29) is 0 Å². The van der Waals surface area contributed by atoms with Crippen LogP contribution in [0.1, 0.15) is 18.4 Å². The van der Waals surface area contributed by atoms with E-state index in [1.807, 2.05) is 13.2 Å². The first-order valence-corrected chi connectivity index (χ1v) is 8.86. The maximum absolute atomic E-state index is 4.40. The second kappa shape index (κ2) is 6.46. The standard InChI is InChI=1S/C19H26N4/c1-20-8-12-22-9-6-17(7-10-22)23-11-5-16-14-21-13-15-3-2-4-18(23)19(15)16/h2-4,13-14,17,20H,5-12H2,1H3. The van der Waals surface area contributed by atoms with Gasteiger partial charge in [0, 0.05) is 67.6 Å². The van der Waals surface area contributed by atoms with Crippen molar-refractivity contribution in [2.24, 2.45) is 0 Å². The summed E-state index contributed by atoms with van der Waals surface area (Å²) in [5, 5.41) is 5.98. The van der Waals surface area contributed by atoms with Gasteiger partial charge in [0.05, 0.1) is 0 Å². The summed E-state index contributed by atoms with van der Waals surface area (Å²) < 4.78 is 0. The third-order valence-electron chi connectivity index (χ3n) is 5.45. The summed E-state index contributed by atoms with van der Waals surface area (Å²) in [4.78, 5) is 9.67. The molecule has 1 N–H and O–H groups in total. The van der Waals surface area contributed by atoms with Crippen molar-refractivity contribution in [3.63, 3.8) is 0 Å². The fourth-order valence-corrected chi connectivity index (χ4v) is 4.18. The molecule has 0 bridgehead atoms. The molecule has 1 aromatic heterocycles. The molecule has 0 unspecified atom stereocenters. The van der Waals surface area contributed by atoms with Crippen LogP contribution in [-0.4, -0.2) is 55.7 Å². The molecule has 4 heteroatoms. The number of anilines is 1. The van der Waals surface area contributed by atoms with Gasteiger partial charge in [0.1, 0.15) is 0 Å². The van der Waals surface area contributed by atoms with Gasteiger partial charge in [0.15, 0.2) is 0 Å². The second-order valence-corrected chi connectivity index (χ2v) is 6.79. The number of aromatic nitrogens is 1. The molecule has 0 atom stereocenters. The van der Waals surface area contributed by atoms with Crippen molar-refractivity contribution >= 4 is 16.5 Å². The smallest absolute Gasteiger partial charge is 0.0452 e. The van der Waals surface area contributed by atoms with E-state index in [1.165, 1.54) is 54.5 Å². The Morgan fingerprint density at radius 3 is 2.87 bits per heavy atom. The van der Waals surface area contributed by atoms with E-state index in [0.29, 0.717) is 6.04 Å². The highest BCUT2D eigenvalue weighted by atomic mass is 15.2. The first-order chi connectivity index (χ1) is 11.4. The summed E-state index contributed by atoms with van der Waals surface area (Å²) in [7, 11) is 2.04. The zero-order valence-electron chi connectivity index (χ0n) is 14.0. The Morgan fingerprint density at radius 2 is 2.04 bits per heavy atom. The van der Waals surface area contributed by atoms with Crippen molar-refractivity contribution in [1.82, 2.24) is 15.2 Å². The molecule has 4 nitrogen and oxygen atoms in total. The van der Waals surface area contributed by atoms with E-state index in [0.717, 1.165) is 19.5 Å². The van der Waals surface area contributed by atoms with Crippen molar-refractivity contribution < 1.29 is 0 Å². The highest BCUT2D eigenvalue weighted by Gasteiger charge is 2.28. The molecule has 0 aliphatic carbocycles. The van der Waals surface area contributed by atoms with Crippen LogP contribution in [-0.2, 0) is 6.42 Å². The molecule has 23 heavy (non-hydrogen) atoms. The number of hydrogen-bond acceptors (Lipinski definition) is 4. The predicted molar refractivity (Wildman–Crippen MR) is 96.2 cm³/mol. The average molecular weight is 310 g/mol. The SMILES string of the molecule is CNCCN1CCC(N2CCc3cncc4cccc2c34)CC1. The maximum Gasteiger partial charge on any atom is 0.0452 e. The minimum atomic E-state index is 0.688. The normalized spacial score (nSPS) is 19.4. The van der Waals surface area contributed by atoms with Crippen LogP contribution in [0.2, 0.25) is 0 Å². The Labute approximate surface area is 138 Å². The van der Waals surface area contributed by atoms with Crippen molar-refractivity contribution in [2.45, 2.75) is 25.3 Å². The van der Waals surface area contributed by atoms with Gasteiger partial charge in [-0.05, 0) is 37.9 Å². The Morgan fingerprint density at radius 1 is 1.17 bits per heavy atom. The van der Waals surface area contributed by atoms with E-state index in [4.69, 9.17) is 0 Å². The molecular weight excluding hydrogens is 284 g/mol. The van der Waals surface area contributed by atoms with E-state index in [1.54, 1.807) is 0 Å². The van der Waals surface area contributed by atoms with Gasteiger partial charge in [-0.1, -0.05) is 12.1 Å². The van der Waals surface area contributed by atoms with Crippen LogP contribution >= 0.6 is 0 Å². The van der Waals surface area contributed by atoms with Crippen molar-refractivity contribution in [2.75, 3.05) is 44.7 Å². The molecule has 122 valence electrons. The Hall–Kier alpha value is -1.65. The van der Waals surface area contributed by atoms with Gasteiger partial charge in [0.25, 0.3) is 0 Å². The lowest BCUT2D eigenvalue weighted by Gasteiger charge is -2.42. The zero-order valence-corrected chi connectivity index (χ0v) is 14.0. The van der Waals surface area contributed by atoms with Crippen LogP contribution in [0.5, 0.6) is 0 Å². The number of rotatable bonds is 4. The molecule has 1 fully saturated rings. The van der Waals surface area contributed by atoms with E-state index in [9.17, 15) is 0 Å². The van der Waals surface area contributed by atoms with Crippen molar-refractivity contribution in [3.8, 4) is 0 Å². The molecule has 0 amide bonds. The first kappa shape index (κ1) is 14.9. The second-order valence-electron chi connectivity index (χ2n) is 6.79. The highest BCUT2D eigenvalue weighted by molar-refractivity contribution is 5.97. The van der Waals surface area contributed by atoms with Crippen LogP contribution in [0.3, 0.4) is 0 Å². The summed E-state index contributed by atoms with van der Waals surface area (Å²) in [6.45, 7) is 5.85. The van der Waals surface area contributed by atoms with Gasteiger partial charge >= 0.3 is 0 Å². The van der Waals surface area contributed by atoms with E-state index >= 15 is 0 Å². The van der Waals surface area contributed by atoms with Gasteiger partial charge in [-0.3, -0.25) is 4.98 Å². The van der Waals surface area contributed by atoms with E-state index in [2.05, 4.69) is 44.5 Å². The summed E-state index contributed by atoms with van der Waals surface area (Å²) in [6, 6.07) is 7.37. The number of piperidine rings is 1. The summed E-state index contributed by atoms with van der Waals surface area (Å²) in [6.07, 6.45) is 7.75. The number of likely N-dealkylation sites (N-methyl/N-ethyl adjacent to an activating group) is 1. The van der Waals surface area contributed by atoms with Gasteiger partial charge in [-0.2, -0.15) is 0 Å². The lowest BCUT2D eigenvalue weighted by Crippen LogP contribution is -2.47. The number of likely N-dealkylation sites (tertiary alicyclic amines) is 1. The molecule has 0 spiro atoms. The summed E-state index contributed by atoms with van der Waals surface area (Å²) in [5.41, 5.74) is 2.85. The van der Waals surface area contributed by atoms with Crippen LogP contribution in [0, 0.1) is 0 Å². The van der Waals surface area contributed by atoms with Gasteiger partial charge in [-0.15, -0.1) is 0 Å². The lowest BCUT2D eigenvalue weighted by molar-refractivity contribution is 0.210. The lowest BCUT2D eigenvalue weighted by atomic mass is 9.94. The maximum atomic E-state index is 4.40. The third-order valence-corrected chi connectivity index (χ3v) is 5.45.